The highest BCUT2D eigenvalue weighted by Gasteiger charge is 2.22. The van der Waals surface area contributed by atoms with E-state index in [1.165, 1.54) is 18.2 Å². The lowest BCUT2D eigenvalue weighted by Crippen LogP contribution is -2.26. The van der Waals surface area contributed by atoms with Crippen molar-refractivity contribution < 1.29 is 23.1 Å². The predicted molar refractivity (Wildman–Crippen MR) is 86.3 cm³/mol. The summed E-state index contributed by atoms with van der Waals surface area (Å²) in [6.07, 6.45) is 3.34. The lowest BCUT2D eigenvalue weighted by Gasteiger charge is -2.16. The van der Waals surface area contributed by atoms with Gasteiger partial charge in [0.15, 0.2) is 0 Å². The molecule has 1 atom stereocenters. The highest BCUT2D eigenvalue weighted by Crippen LogP contribution is 2.24. The number of carboxylic acids is 1. The van der Waals surface area contributed by atoms with E-state index in [2.05, 4.69) is 16.6 Å². The Balaban J connectivity index is 2.28. The summed E-state index contributed by atoms with van der Waals surface area (Å²) in [5.74, 6) is -1.18. The number of hydrogen-bond donors (Lipinski definition) is 3. The number of aromatic carboxylic acids is 1. The predicted octanol–water partition coefficient (Wildman–Crippen LogP) is 1.44. The number of sulfonamides is 1. The van der Waals surface area contributed by atoms with Gasteiger partial charge in [-0.2, -0.15) is 0 Å². The molecule has 0 amide bonds. The zero-order chi connectivity index (χ0) is 16.9. The molecule has 0 aliphatic carbocycles. The average Bonchev–Trinajstić information content (AvgIpc) is 3.04. The lowest BCUT2D eigenvalue weighted by atomic mass is 10.2. The smallest absolute Gasteiger partial charge is 0.335 e. The van der Waals surface area contributed by atoms with Crippen LogP contribution in [0.1, 0.15) is 23.2 Å². The fraction of sp³-hybridized carbons (Fsp3) is 0.400. The van der Waals surface area contributed by atoms with Gasteiger partial charge in [0, 0.05) is 19.7 Å². The number of ether oxygens (including phenoxy) is 1. The van der Waals surface area contributed by atoms with Crippen LogP contribution in [0.4, 0.5) is 5.69 Å². The van der Waals surface area contributed by atoms with Crippen LogP contribution in [0, 0.1) is 0 Å². The third kappa shape index (κ3) is 4.54. The molecule has 0 saturated carbocycles. The second-order valence-electron chi connectivity index (χ2n) is 5.17. The molecule has 126 valence electrons. The average molecular weight is 340 g/mol. The van der Waals surface area contributed by atoms with Crippen LogP contribution < -0.4 is 10.0 Å². The van der Waals surface area contributed by atoms with Gasteiger partial charge in [0.2, 0.25) is 10.0 Å². The van der Waals surface area contributed by atoms with Crippen molar-refractivity contribution in [3.8, 4) is 0 Å². The second kappa shape index (κ2) is 7.58. The lowest BCUT2D eigenvalue weighted by molar-refractivity contribution is 0.0696. The molecule has 0 spiro atoms. The summed E-state index contributed by atoms with van der Waals surface area (Å²) in [6.45, 7) is 4.69. The van der Waals surface area contributed by atoms with Gasteiger partial charge in [0.25, 0.3) is 0 Å². The van der Waals surface area contributed by atoms with Crippen LogP contribution in [0.25, 0.3) is 0 Å². The highest BCUT2D eigenvalue weighted by atomic mass is 32.2. The summed E-state index contributed by atoms with van der Waals surface area (Å²) < 4.78 is 32.6. The minimum absolute atomic E-state index is 0.0332. The minimum Gasteiger partial charge on any atom is -0.478 e. The Bertz CT molecular complexity index is 681. The Morgan fingerprint density at radius 3 is 2.87 bits per heavy atom. The largest absolute Gasteiger partial charge is 0.478 e. The molecular formula is C15H20N2O5S. The topological polar surface area (TPSA) is 105 Å². The maximum Gasteiger partial charge on any atom is 0.335 e. The van der Waals surface area contributed by atoms with Crippen molar-refractivity contribution >= 4 is 21.7 Å². The molecule has 1 heterocycles. The van der Waals surface area contributed by atoms with E-state index in [0.717, 1.165) is 18.9 Å². The van der Waals surface area contributed by atoms with Crippen LogP contribution in [0.5, 0.6) is 0 Å². The van der Waals surface area contributed by atoms with Gasteiger partial charge in [0.1, 0.15) is 4.90 Å². The molecule has 1 fully saturated rings. The molecule has 1 aromatic carbocycles. The Hall–Kier alpha value is -1.90. The van der Waals surface area contributed by atoms with Gasteiger partial charge in [-0.05, 0) is 31.0 Å². The van der Waals surface area contributed by atoms with Crippen LogP contribution in [-0.4, -0.2) is 45.3 Å². The summed E-state index contributed by atoms with van der Waals surface area (Å²) >= 11 is 0. The van der Waals surface area contributed by atoms with E-state index < -0.39 is 16.0 Å². The minimum atomic E-state index is -3.84. The van der Waals surface area contributed by atoms with Crippen LogP contribution in [0.2, 0.25) is 0 Å². The molecule has 23 heavy (non-hydrogen) atoms. The van der Waals surface area contributed by atoms with E-state index in [1.54, 1.807) is 0 Å². The summed E-state index contributed by atoms with van der Waals surface area (Å²) in [6, 6.07) is 3.97. The first kappa shape index (κ1) is 17.5. The van der Waals surface area contributed by atoms with E-state index in [0.29, 0.717) is 18.8 Å². The molecule has 1 aliphatic heterocycles. The van der Waals surface area contributed by atoms with E-state index in [-0.39, 0.29) is 23.1 Å². The fourth-order valence-corrected chi connectivity index (χ4v) is 3.50. The summed E-state index contributed by atoms with van der Waals surface area (Å²) in [4.78, 5) is 11.0. The maximum absolute atomic E-state index is 12.4. The molecule has 0 unspecified atom stereocenters. The van der Waals surface area contributed by atoms with Crippen molar-refractivity contribution in [2.24, 2.45) is 0 Å². The van der Waals surface area contributed by atoms with Gasteiger partial charge in [0.05, 0.1) is 17.4 Å². The normalized spacial score (nSPS) is 17.8. The van der Waals surface area contributed by atoms with Crippen LogP contribution in [0.15, 0.2) is 35.7 Å². The van der Waals surface area contributed by atoms with E-state index in [4.69, 9.17) is 9.84 Å². The first-order valence-corrected chi connectivity index (χ1v) is 8.75. The Morgan fingerprint density at radius 2 is 2.26 bits per heavy atom. The Kier molecular flexibility index (Phi) is 5.75. The Morgan fingerprint density at radius 1 is 1.48 bits per heavy atom. The van der Waals surface area contributed by atoms with Crippen molar-refractivity contribution in [3.63, 3.8) is 0 Å². The van der Waals surface area contributed by atoms with Crippen LogP contribution in [-0.2, 0) is 14.8 Å². The molecule has 2 rings (SSSR count). The standard InChI is InChI=1S/C15H20N2O5S/c1-2-7-17-23(20,21)14-9-11(15(18)19)5-6-13(14)16-10-12-4-3-8-22-12/h2,5-6,9,12,16-17H,1,3-4,7-8,10H2,(H,18,19)/t12-/m0/s1. The maximum atomic E-state index is 12.4. The summed E-state index contributed by atoms with van der Waals surface area (Å²) in [5.41, 5.74) is 0.258. The van der Waals surface area contributed by atoms with Crippen molar-refractivity contribution in [1.82, 2.24) is 4.72 Å². The second-order valence-corrected chi connectivity index (χ2v) is 6.91. The number of nitrogens with one attached hydrogen (secondary N) is 2. The molecule has 0 radical (unpaired) electrons. The third-order valence-corrected chi connectivity index (χ3v) is 4.94. The molecular weight excluding hydrogens is 320 g/mol. The van der Waals surface area contributed by atoms with Gasteiger partial charge >= 0.3 is 5.97 Å². The molecule has 1 saturated heterocycles. The SMILES string of the molecule is C=CCNS(=O)(=O)c1cc(C(=O)O)ccc1NC[C@@H]1CCCO1. The van der Waals surface area contributed by atoms with Gasteiger partial charge in [-0.25, -0.2) is 17.9 Å². The van der Waals surface area contributed by atoms with E-state index >= 15 is 0 Å². The summed E-state index contributed by atoms with van der Waals surface area (Å²) in [7, 11) is -3.84. The van der Waals surface area contributed by atoms with Crippen molar-refractivity contribution in [3.05, 3.63) is 36.4 Å². The van der Waals surface area contributed by atoms with Crippen LogP contribution >= 0.6 is 0 Å². The number of anilines is 1. The number of carbonyl (C=O) groups is 1. The first-order valence-electron chi connectivity index (χ1n) is 7.27. The van der Waals surface area contributed by atoms with Crippen molar-refractivity contribution in [2.45, 2.75) is 23.8 Å². The van der Waals surface area contributed by atoms with E-state index in [1.807, 2.05) is 0 Å². The third-order valence-electron chi connectivity index (χ3n) is 3.48. The summed E-state index contributed by atoms with van der Waals surface area (Å²) in [5, 5.41) is 12.1. The van der Waals surface area contributed by atoms with Gasteiger partial charge in [-0.3, -0.25) is 0 Å². The molecule has 3 N–H and O–H groups in total. The zero-order valence-electron chi connectivity index (χ0n) is 12.6. The molecule has 1 aromatic rings. The van der Waals surface area contributed by atoms with Crippen LogP contribution in [0.3, 0.4) is 0 Å². The zero-order valence-corrected chi connectivity index (χ0v) is 13.4. The van der Waals surface area contributed by atoms with Gasteiger partial charge < -0.3 is 15.2 Å². The number of rotatable bonds is 8. The van der Waals surface area contributed by atoms with E-state index in [9.17, 15) is 13.2 Å². The quantitative estimate of drug-likeness (QED) is 0.619. The van der Waals surface area contributed by atoms with Gasteiger partial charge in [-0.15, -0.1) is 6.58 Å². The molecule has 0 aromatic heterocycles. The highest BCUT2D eigenvalue weighted by molar-refractivity contribution is 7.89. The first-order chi connectivity index (χ1) is 10.9. The molecule has 8 heteroatoms. The monoisotopic (exact) mass is 340 g/mol. The molecule has 1 aliphatic rings. The number of hydrogen-bond acceptors (Lipinski definition) is 5. The Labute approximate surface area is 135 Å². The van der Waals surface area contributed by atoms with Gasteiger partial charge in [-0.1, -0.05) is 6.08 Å². The number of benzene rings is 1. The molecule has 7 nitrogen and oxygen atoms in total. The van der Waals surface area contributed by atoms with Crippen molar-refractivity contribution in [2.75, 3.05) is 25.0 Å². The van der Waals surface area contributed by atoms with Crippen molar-refractivity contribution in [1.29, 1.82) is 0 Å². The number of carboxylic acid groups (broad SMARTS) is 1. The molecule has 0 bridgehead atoms. The fourth-order valence-electron chi connectivity index (χ4n) is 2.30.